The largest absolute Gasteiger partial charge is 0.506 e. The average molecular weight is 415 g/mol. The first-order chi connectivity index (χ1) is 13.4. The summed E-state index contributed by atoms with van der Waals surface area (Å²) in [4.78, 5) is 14.9. The highest BCUT2D eigenvalue weighted by molar-refractivity contribution is 7.81. The van der Waals surface area contributed by atoms with Crippen molar-refractivity contribution in [1.82, 2.24) is 4.57 Å². The minimum absolute atomic E-state index is 0.0462. The Morgan fingerprint density at radius 3 is 2.61 bits per heavy atom. The van der Waals surface area contributed by atoms with Crippen molar-refractivity contribution < 1.29 is 9.84 Å². The number of pyridine rings is 1. The van der Waals surface area contributed by atoms with Gasteiger partial charge < -0.3 is 19.3 Å². The van der Waals surface area contributed by atoms with Crippen LogP contribution in [-0.2, 0) is 7.05 Å². The molecule has 144 valence electrons. The average Bonchev–Trinajstić information content (AvgIpc) is 2.70. The number of halogens is 1. The predicted octanol–water partition coefficient (Wildman–Crippen LogP) is 4.27. The second-order valence-corrected chi connectivity index (χ2v) is 6.97. The Morgan fingerprint density at radius 1 is 1.32 bits per heavy atom. The Labute approximate surface area is 173 Å². The zero-order valence-electron chi connectivity index (χ0n) is 15.5. The molecule has 0 radical (unpaired) electrons. The maximum atomic E-state index is 13.0. The summed E-state index contributed by atoms with van der Waals surface area (Å²) in [6.45, 7) is 4.13. The zero-order chi connectivity index (χ0) is 20.4. The number of aryl methyl sites for hydroxylation is 1. The molecule has 0 aliphatic carbocycles. The number of aromatic hydroxyl groups is 1. The van der Waals surface area contributed by atoms with Crippen molar-refractivity contribution in [2.24, 2.45) is 7.05 Å². The van der Waals surface area contributed by atoms with Crippen LogP contribution in [0.15, 0.2) is 59.9 Å². The normalized spacial score (nSPS) is 10.7. The van der Waals surface area contributed by atoms with E-state index in [2.05, 4.69) is 6.58 Å². The van der Waals surface area contributed by atoms with E-state index in [-0.39, 0.29) is 21.9 Å². The number of ether oxygens (including phenoxy) is 1. The van der Waals surface area contributed by atoms with Gasteiger partial charge in [0, 0.05) is 29.7 Å². The number of aromatic nitrogens is 1. The Hall–Kier alpha value is -2.83. The van der Waals surface area contributed by atoms with Crippen molar-refractivity contribution in [3.05, 3.63) is 76.1 Å². The van der Waals surface area contributed by atoms with Crippen LogP contribution in [0.4, 0.5) is 5.69 Å². The molecular formula is C21H19ClN2O3S. The molecule has 0 aliphatic rings. The lowest BCUT2D eigenvalue weighted by Crippen LogP contribution is -2.36. The van der Waals surface area contributed by atoms with Crippen molar-refractivity contribution in [1.29, 1.82) is 0 Å². The summed E-state index contributed by atoms with van der Waals surface area (Å²) in [6.07, 6.45) is 1.68. The van der Waals surface area contributed by atoms with E-state index in [1.165, 1.54) is 4.57 Å². The van der Waals surface area contributed by atoms with E-state index in [0.29, 0.717) is 28.2 Å². The number of thiocarbonyl (C=S) groups is 1. The number of benzene rings is 2. The number of nitrogens with zero attached hydrogens (tertiary/aromatic N) is 2. The maximum absolute atomic E-state index is 13.0. The lowest BCUT2D eigenvalue weighted by molar-refractivity contribution is 0.415. The fourth-order valence-corrected chi connectivity index (χ4v) is 3.56. The van der Waals surface area contributed by atoms with Crippen LogP contribution in [0, 0.1) is 0 Å². The van der Waals surface area contributed by atoms with Crippen molar-refractivity contribution in [3.63, 3.8) is 0 Å². The van der Waals surface area contributed by atoms with Crippen LogP contribution in [0.25, 0.3) is 10.9 Å². The first-order valence-corrected chi connectivity index (χ1v) is 9.25. The van der Waals surface area contributed by atoms with Gasteiger partial charge >= 0.3 is 0 Å². The van der Waals surface area contributed by atoms with Gasteiger partial charge in [0.1, 0.15) is 22.1 Å². The second kappa shape index (κ2) is 8.04. The molecule has 0 fully saturated rings. The van der Waals surface area contributed by atoms with E-state index >= 15 is 0 Å². The molecule has 3 rings (SSSR count). The van der Waals surface area contributed by atoms with Gasteiger partial charge in [-0.2, -0.15) is 0 Å². The summed E-state index contributed by atoms with van der Waals surface area (Å²) in [7, 11) is 3.22. The van der Waals surface area contributed by atoms with E-state index in [1.807, 2.05) is 12.1 Å². The lowest BCUT2D eigenvalue weighted by atomic mass is 10.1. The second-order valence-electron chi connectivity index (χ2n) is 6.15. The Morgan fingerprint density at radius 2 is 2.00 bits per heavy atom. The number of rotatable bonds is 5. The third kappa shape index (κ3) is 3.48. The Kier molecular flexibility index (Phi) is 5.72. The third-order valence-electron chi connectivity index (χ3n) is 4.49. The van der Waals surface area contributed by atoms with Gasteiger partial charge in [-0.15, -0.1) is 6.58 Å². The van der Waals surface area contributed by atoms with Crippen LogP contribution in [0.3, 0.4) is 0 Å². The highest BCUT2D eigenvalue weighted by atomic mass is 35.5. The fraction of sp³-hybridized carbons (Fsp3) is 0.143. The van der Waals surface area contributed by atoms with Gasteiger partial charge in [0.05, 0.1) is 12.6 Å². The molecular weight excluding hydrogens is 396 g/mol. The van der Waals surface area contributed by atoms with E-state index < -0.39 is 0 Å². The SMILES string of the molecule is C=CCN(C(=S)c1c(O)c2cc(Cl)ccc2n(C)c1=O)c1ccc(OC)cc1. The van der Waals surface area contributed by atoms with E-state index in [1.54, 1.807) is 55.5 Å². The number of hydrogen-bond acceptors (Lipinski definition) is 4. The van der Waals surface area contributed by atoms with Gasteiger partial charge in [-0.05, 0) is 42.5 Å². The molecule has 0 unspecified atom stereocenters. The van der Waals surface area contributed by atoms with Gasteiger partial charge in [0.25, 0.3) is 5.56 Å². The van der Waals surface area contributed by atoms with Gasteiger partial charge in [-0.1, -0.05) is 29.9 Å². The topological polar surface area (TPSA) is 54.7 Å². The summed E-state index contributed by atoms with van der Waals surface area (Å²) < 4.78 is 6.64. The van der Waals surface area contributed by atoms with Gasteiger partial charge in [-0.25, -0.2) is 0 Å². The molecule has 3 aromatic rings. The summed E-state index contributed by atoms with van der Waals surface area (Å²) in [5, 5.41) is 11.8. The van der Waals surface area contributed by atoms with Crippen LogP contribution in [0.1, 0.15) is 5.56 Å². The van der Waals surface area contributed by atoms with Gasteiger partial charge in [-0.3, -0.25) is 4.79 Å². The molecule has 1 N–H and O–H groups in total. The summed E-state index contributed by atoms with van der Waals surface area (Å²) >= 11 is 11.7. The number of methoxy groups -OCH3 is 1. The molecule has 0 atom stereocenters. The van der Waals surface area contributed by atoms with Crippen LogP contribution < -0.4 is 15.2 Å². The molecule has 7 heteroatoms. The molecule has 2 aromatic carbocycles. The molecule has 1 heterocycles. The minimum atomic E-state index is -0.389. The summed E-state index contributed by atoms with van der Waals surface area (Å²) in [5.41, 5.74) is 0.973. The molecule has 28 heavy (non-hydrogen) atoms. The lowest BCUT2D eigenvalue weighted by Gasteiger charge is -2.25. The monoisotopic (exact) mass is 414 g/mol. The van der Waals surface area contributed by atoms with Crippen molar-refractivity contribution in [3.8, 4) is 11.5 Å². The highest BCUT2D eigenvalue weighted by Crippen LogP contribution is 2.31. The highest BCUT2D eigenvalue weighted by Gasteiger charge is 2.23. The fourth-order valence-electron chi connectivity index (χ4n) is 3.03. The molecule has 5 nitrogen and oxygen atoms in total. The van der Waals surface area contributed by atoms with Crippen LogP contribution in [0.2, 0.25) is 5.02 Å². The molecule has 0 bridgehead atoms. The molecule has 0 spiro atoms. The van der Waals surface area contributed by atoms with E-state index in [9.17, 15) is 9.90 Å². The van der Waals surface area contributed by atoms with E-state index in [4.69, 9.17) is 28.6 Å². The third-order valence-corrected chi connectivity index (χ3v) is 5.14. The van der Waals surface area contributed by atoms with Gasteiger partial charge in [0.15, 0.2) is 0 Å². The van der Waals surface area contributed by atoms with Crippen molar-refractivity contribution >= 4 is 45.4 Å². The maximum Gasteiger partial charge on any atom is 0.264 e. The van der Waals surface area contributed by atoms with Crippen molar-refractivity contribution in [2.75, 3.05) is 18.6 Å². The Bertz CT molecular complexity index is 1120. The zero-order valence-corrected chi connectivity index (χ0v) is 17.0. The molecule has 0 saturated carbocycles. The number of fused-ring (bicyclic) bond motifs is 1. The van der Waals surface area contributed by atoms with Gasteiger partial charge in [0.2, 0.25) is 0 Å². The molecule has 1 aromatic heterocycles. The molecule has 0 amide bonds. The van der Waals surface area contributed by atoms with Crippen LogP contribution >= 0.6 is 23.8 Å². The number of anilines is 1. The molecule has 0 aliphatic heterocycles. The summed E-state index contributed by atoms with van der Waals surface area (Å²) in [6, 6.07) is 12.2. The quantitative estimate of drug-likeness (QED) is 0.499. The van der Waals surface area contributed by atoms with Crippen molar-refractivity contribution in [2.45, 2.75) is 0 Å². The smallest absolute Gasteiger partial charge is 0.264 e. The molecule has 0 saturated heterocycles. The first kappa shape index (κ1) is 19.9. The predicted molar refractivity (Wildman–Crippen MR) is 118 cm³/mol. The Balaban J connectivity index is 2.19. The first-order valence-electron chi connectivity index (χ1n) is 8.47. The standard InChI is InChI=1S/C21H19ClN2O3S/c1-4-11-24(14-6-8-15(27-3)9-7-14)21(28)18-19(25)16-12-13(22)5-10-17(16)23(2)20(18)26/h4-10,12,25H,1,11H2,2-3H3. The number of hydrogen-bond donors (Lipinski definition) is 1. The minimum Gasteiger partial charge on any atom is -0.506 e. The summed E-state index contributed by atoms with van der Waals surface area (Å²) in [5.74, 6) is 0.514. The van der Waals surface area contributed by atoms with Crippen LogP contribution in [0.5, 0.6) is 11.5 Å². The van der Waals surface area contributed by atoms with E-state index in [0.717, 1.165) is 5.69 Å². The van der Waals surface area contributed by atoms with Crippen LogP contribution in [-0.4, -0.2) is 28.3 Å².